The highest BCUT2D eigenvalue weighted by molar-refractivity contribution is 7.89. The first-order valence-corrected chi connectivity index (χ1v) is 12.2. The Morgan fingerprint density at radius 3 is 2.47 bits per heavy atom. The number of sulfonamides is 1. The summed E-state index contributed by atoms with van der Waals surface area (Å²) in [6.07, 6.45) is 0. The predicted molar refractivity (Wildman–Crippen MR) is 115 cm³/mol. The lowest BCUT2D eigenvalue weighted by molar-refractivity contribution is 0.0702. The van der Waals surface area contributed by atoms with Gasteiger partial charge in [-0.3, -0.25) is 4.79 Å². The van der Waals surface area contributed by atoms with E-state index in [1.807, 2.05) is 30.3 Å². The molecule has 2 aliphatic heterocycles. The van der Waals surface area contributed by atoms with Gasteiger partial charge in [0.05, 0.1) is 9.77 Å². The number of hydrogen-bond acceptors (Lipinski definition) is 5. The minimum Gasteiger partial charge on any atom is -0.488 e. The predicted octanol–water partition coefficient (Wildman–Crippen LogP) is 3.73. The summed E-state index contributed by atoms with van der Waals surface area (Å²) in [6.45, 7) is 0.958. The summed E-state index contributed by atoms with van der Waals surface area (Å²) in [4.78, 5) is 16.0. The third kappa shape index (κ3) is 3.58. The number of halogens is 2. The maximum atomic E-state index is 13.5. The zero-order chi connectivity index (χ0) is 22.5. The first-order chi connectivity index (χ1) is 15.3. The maximum Gasteiger partial charge on any atom is 0.264 e. The van der Waals surface area contributed by atoms with Crippen LogP contribution in [0.25, 0.3) is 10.4 Å². The van der Waals surface area contributed by atoms with E-state index >= 15 is 0 Å². The summed E-state index contributed by atoms with van der Waals surface area (Å²) in [7, 11) is -3.98. The molecule has 3 aromatic rings. The third-order valence-electron chi connectivity index (χ3n) is 5.59. The summed E-state index contributed by atoms with van der Waals surface area (Å²) < 4.78 is 59.1. The van der Waals surface area contributed by atoms with E-state index in [1.54, 1.807) is 4.90 Å². The van der Waals surface area contributed by atoms with Gasteiger partial charge in [0, 0.05) is 42.2 Å². The van der Waals surface area contributed by atoms with E-state index in [4.69, 9.17) is 4.74 Å². The number of benzene rings is 2. The van der Waals surface area contributed by atoms with Crippen LogP contribution in [0.2, 0.25) is 0 Å². The molecule has 32 heavy (non-hydrogen) atoms. The number of nitrogens with zero attached hydrogens (tertiary/aromatic N) is 2. The molecule has 1 fully saturated rings. The Labute approximate surface area is 187 Å². The van der Waals surface area contributed by atoms with E-state index in [9.17, 15) is 22.0 Å². The van der Waals surface area contributed by atoms with Gasteiger partial charge >= 0.3 is 0 Å². The molecule has 0 radical (unpaired) electrons. The van der Waals surface area contributed by atoms with Crippen LogP contribution in [-0.4, -0.2) is 49.7 Å². The Morgan fingerprint density at radius 2 is 1.72 bits per heavy atom. The monoisotopic (exact) mass is 476 g/mol. The third-order valence-corrected chi connectivity index (χ3v) is 8.68. The number of fused-ring (bicyclic) bond motifs is 3. The van der Waals surface area contributed by atoms with Gasteiger partial charge in [-0.25, -0.2) is 17.2 Å². The zero-order valence-electron chi connectivity index (χ0n) is 16.8. The molecule has 10 heteroatoms. The van der Waals surface area contributed by atoms with E-state index in [-0.39, 0.29) is 37.0 Å². The van der Waals surface area contributed by atoms with Crippen molar-refractivity contribution in [3.63, 3.8) is 0 Å². The zero-order valence-corrected chi connectivity index (χ0v) is 18.4. The standard InChI is InChI=1S/C22H18F2N2O4S2/c23-17-6-5-15(12-18(17)24)32(28,29)26-9-7-25(8-10-26)22(27)20-11-14-13-30-19-4-2-1-3-16(19)21(14)31-20/h1-6,11-12H,7-10,13H2. The average molecular weight is 477 g/mol. The average Bonchev–Trinajstić information content (AvgIpc) is 3.25. The topological polar surface area (TPSA) is 66.9 Å². The molecule has 6 nitrogen and oxygen atoms in total. The van der Waals surface area contributed by atoms with Crippen molar-refractivity contribution in [3.8, 4) is 16.2 Å². The number of piperazine rings is 1. The Morgan fingerprint density at radius 1 is 0.969 bits per heavy atom. The smallest absolute Gasteiger partial charge is 0.264 e. The number of rotatable bonds is 3. The molecule has 1 amide bonds. The van der Waals surface area contributed by atoms with E-state index < -0.39 is 21.7 Å². The lowest BCUT2D eigenvalue weighted by Gasteiger charge is -2.33. The van der Waals surface area contributed by atoms with Crippen molar-refractivity contribution in [3.05, 3.63) is 70.6 Å². The minimum atomic E-state index is -3.98. The van der Waals surface area contributed by atoms with E-state index in [1.165, 1.54) is 15.6 Å². The molecular weight excluding hydrogens is 458 g/mol. The highest BCUT2D eigenvalue weighted by Crippen LogP contribution is 2.42. The molecule has 3 heterocycles. The quantitative estimate of drug-likeness (QED) is 0.578. The molecule has 0 atom stereocenters. The number of hydrogen-bond donors (Lipinski definition) is 0. The van der Waals surface area contributed by atoms with Crippen LogP contribution in [0.3, 0.4) is 0 Å². The maximum absolute atomic E-state index is 13.5. The molecule has 1 aromatic heterocycles. The minimum absolute atomic E-state index is 0.0735. The fourth-order valence-electron chi connectivity index (χ4n) is 3.88. The molecule has 2 aliphatic rings. The van der Waals surface area contributed by atoms with Gasteiger partial charge in [0.25, 0.3) is 5.91 Å². The van der Waals surface area contributed by atoms with E-state index in [2.05, 4.69) is 0 Å². The Bertz CT molecular complexity index is 1320. The van der Waals surface area contributed by atoms with Gasteiger partial charge in [0.15, 0.2) is 11.6 Å². The number of para-hydroxylation sites is 1. The molecular formula is C22H18F2N2O4S2. The summed E-state index contributed by atoms with van der Waals surface area (Å²) in [5.74, 6) is -1.69. The van der Waals surface area contributed by atoms with E-state index in [0.717, 1.165) is 33.9 Å². The second-order valence-electron chi connectivity index (χ2n) is 7.52. The summed E-state index contributed by atoms with van der Waals surface area (Å²) in [5.41, 5.74) is 1.91. The van der Waals surface area contributed by atoms with Gasteiger partial charge in [0.1, 0.15) is 12.4 Å². The second-order valence-corrected chi connectivity index (χ2v) is 10.5. The highest BCUT2D eigenvalue weighted by atomic mass is 32.2. The number of carbonyl (C=O) groups is 1. The molecule has 1 saturated heterocycles. The highest BCUT2D eigenvalue weighted by Gasteiger charge is 2.32. The van der Waals surface area contributed by atoms with Gasteiger partial charge < -0.3 is 9.64 Å². The van der Waals surface area contributed by atoms with Crippen molar-refractivity contribution >= 4 is 27.3 Å². The Hall–Kier alpha value is -2.82. The van der Waals surface area contributed by atoms with Crippen LogP contribution >= 0.6 is 11.3 Å². The Balaban J connectivity index is 1.31. The summed E-state index contributed by atoms with van der Waals surface area (Å²) in [6, 6.07) is 12.0. The molecule has 2 aromatic carbocycles. The van der Waals surface area contributed by atoms with Crippen molar-refractivity contribution in [1.82, 2.24) is 9.21 Å². The fourth-order valence-corrected chi connectivity index (χ4v) is 6.48. The van der Waals surface area contributed by atoms with Gasteiger partial charge in [0.2, 0.25) is 10.0 Å². The van der Waals surface area contributed by atoms with Crippen LogP contribution in [0, 0.1) is 11.6 Å². The van der Waals surface area contributed by atoms with Crippen LogP contribution in [0.5, 0.6) is 5.75 Å². The van der Waals surface area contributed by atoms with Crippen molar-refractivity contribution in [2.45, 2.75) is 11.5 Å². The van der Waals surface area contributed by atoms with Gasteiger partial charge in [-0.1, -0.05) is 12.1 Å². The van der Waals surface area contributed by atoms with Crippen LogP contribution in [-0.2, 0) is 16.6 Å². The second kappa shape index (κ2) is 7.95. The molecule has 0 N–H and O–H groups in total. The number of thiophene rings is 1. The first-order valence-electron chi connectivity index (χ1n) is 9.94. The first kappa shape index (κ1) is 21.0. The molecule has 0 bridgehead atoms. The largest absolute Gasteiger partial charge is 0.488 e. The van der Waals surface area contributed by atoms with Crippen molar-refractivity contribution in [1.29, 1.82) is 0 Å². The van der Waals surface area contributed by atoms with Crippen molar-refractivity contribution in [2.24, 2.45) is 0 Å². The van der Waals surface area contributed by atoms with Crippen molar-refractivity contribution < 1.29 is 26.7 Å². The molecule has 0 spiro atoms. The summed E-state index contributed by atoms with van der Waals surface area (Å²) in [5, 5.41) is 0. The SMILES string of the molecule is O=C(c1cc2c(s1)-c1ccccc1OC2)N1CCN(S(=O)(=O)c2ccc(F)c(F)c2)CC1. The van der Waals surface area contributed by atoms with Gasteiger partial charge in [-0.2, -0.15) is 4.31 Å². The molecule has 166 valence electrons. The van der Waals surface area contributed by atoms with Crippen molar-refractivity contribution in [2.75, 3.05) is 26.2 Å². The number of ether oxygens (including phenoxy) is 1. The molecule has 5 rings (SSSR count). The van der Waals surface area contributed by atoms with Crippen LogP contribution in [0.4, 0.5) is 8.78 Å². The van der Waals surface area contributed by atoms with E-state index in [0.29, 0.717) is 17.6 Å². The normalized spacial score (nSPS) is 16.2. The van der Waals surface area contributed by atoms with Crippen LogP contribution in [0.1, 0.15) is 15.2 Å². The van der Waals surface area contributed by atoms with Gasteiger partial charge in [-0.05, 0) is 36.4 Å². The summed E-state index contributed by atoms with van der Waals surface area (Å²) >= 11 is 1.41. The lowest BCUT2D eigenvalue weighted by Crippen LogP contribution is -2.50. The number of amides is 1. The van der Waals surface area contributed by atoms with Crippen LogP contribution in [0.15, 0.2) is 53.4 Å². The molecule has 0 unspecified atom stereocenters. The molecule has 0 saturated carbocycles. The molecule has 0 aliphatic carbocycles. The van der Waals surface area contributed by atoms with Crippen LogP contribution < -0.4 is 4.74 Å². The fraction of sp³-hybridized carbons (Fsp3) is 0.227. The number of carbonyl (C=O) groups excluding carboxylic acids is 1. The Kier molecular flexibility index (Phi) is 5.23. The van der Waals surface area contributed by atoms with Gasteiger partial charge in [-0.15, -0.1) is 11.3 Å². The lowest BCUT2D eigenvalue weighted by atomic mass is 10.1.